The number of rotatable bonds is 10. The Hall–Kier alpha value is -4.68. The van der Waals surface area contributed by atoms with Gasteiger partial charge >= 0.3 is 5.97 Å². The number of carbonyl (C=O) groups is 1. The van der Waals surface area contributed by atoms with Crippen molar-refractivity contribution in [3.63, 3.8) is 0 Å². The van der Waals surface area contributed by atoms with Crippen LogP contribution >= 0.6 is 11.8 Å². The van der Waals surface area contributed by atoms with E-state index in [4.69, 9.17) is 9.84 Å². The molecule has 0 atom stereocenters. The summed E-state index contributed by atoms with van der Waals surface area (Å²) < 4.78 is 5.37. The number of aliphatic carboxylic acids is 1. The van der Waals surface area contributed by atoms with Crippen LogP contribution in [0.25, 0.3) is 27.8 Å². The summed E-state index contributed by atoms with van der Waals surface area (Å²) in [4.78, 5) is 20.4. The lowest BCUT2D eigenvalue weighted by Crippen LogP contribution is -2.09. The number of hydrogen-bond donors (Lipinski definition) is 1. The van der Waals surface area contributed by atoms with Crippen molar-refractivity contribution >= 4 is 23.3 Å². The summed E-state index contributed by atoms with van der Waals surface area (Å²) in [7, 11) is 0. The van der Waals surface area contributed by atoms with Crippen LogP contribution in [0.5, 0.6) is 5.75 Å². The minimum absolute atomic E-state index is 0.349. The summed E-state index contributed by atoms with van der Waals surface area (Å²) in [5, 5.41) is 8.88. The topological polar surface area (TPSA) is 72.3 Å². The lowest BCUT2D eigenvalue weighted by atomic mass is 9.94. The number of nitrogens with zero attached hydrogens (tertiary/aromatic N) is 2. The Labute approximate surface area is 238 Å². The van der Waals surface area contributed by atoms with E-state index in [2.05, 4.69) is 76.7 Å². The van der Waals surface area contributed by atoms with Crippen molar-refractivity contribution in [3.8, 4) is 28.0 Å². The minimum atomic E-state index is -0.988. The highest BCUT2D eigenvalue weighted by Crippen LogP contribution is 2.31. The van der Waals surface area contributed by atoms with Crippen LogP contribution in [-0.2, 0) is 4.79 Å². The van der Waals surface area contributed by atoms with Gasteiger partial charge in [0, 0.05) is 35.4 Å². The molecule has 0 aliphatic carbocycles. The highest BCUT2D eigenvalue weighted by molar-refractivity contribution is 7.99. The third kappa shape index (κ3) is 6.84. The van der Waals surface area contributed by atoms with Gasteiger partial charge in [-0.25, -0.2) is 4.79 Å². The molecule has 0 radical (unpaired) electrons. The van der Waals surface area contributed by atoms with Crippen molar-refractivity contribution < 1.29 is 14.6 Å². The molecule has 3 aromatic carbocycles. The molecule has 0 aliphatic heterocycles. The van der Waals surface area contributed by atoms with Gasteiger partial charge in [-0.1, -0.05) is 66.7 Å². The van der Waals surface area contributed by atoms with E-state index >= 15 is 0 Å². The number of aromatic nitrogens is 2. The molecule has 1 N–H and O–H groups in total. The number of carboxylic acids is 1. The molecule has 5 rings (SSSR count). The predicted molar refractivity (Wildman–Crippen MR) is 161 cm³/mol. The highest BCUT2D eigenvalue weighted by Gasteiger charge is 2.09. The van der Waals surface area contributed by atoms with Gasteiger partial charge < -0.3 is 9.84 Å². The van der Waals surface area contributed by atoms with Gasteiger partial charge in [-0.3, -0.25) is 9.97 Å². The molecule has 2 heterocycles. The monoisotopic (exact) mass is 544 g/mol. The maximum atomic E-state index is 10.8. The van der Waals surface area contributed by atoms with Crippen LogP contribution in [0.3, 0.4) is 0 Å². The first-order valence-electron chi connectivity index (χ1n) is 12.9. The number of carboxylic acid groups (broad SMARTS) is 1. The molecular formula is C34H28N2O3S. The van der Waals surface area contributed by atoms with E-state index in [0.29, 0.717) is 5.75 Å². The van der Waals surface area contributed by atoms with Gasteiger partial charge in [-0.15, -0.1) is 11.8 Å². The maximum Gasteiger partial charge on any atom is 0.341 e. The summed E-state index contributed by atoms with van der Waals surface area (Å²) in [6.45, 7) is 1.58. The van der Waals surface area contributed by atoms with Crippen LogP contribution in [0.15, 0.2) is 127 Å². The first-order valence-corrected chi connectivity index (χ1v) is 13.9. The van der Waals surface area contributed by atoms with Crippen molar-refractivity contribution in [2.24, 2.45) is 0 Å². The van der Waals surface area contributed by atoms with Crippen molar-refractivity contribution in [1.29, 1.82) is 0 Å². The van der Waals surface area contributed by atoms with Crippen molar-refractivity contribution in [2.75, 3.05) is 12.4 Å². The molecular weight excluding hydrogens is 516 g/mol. The maximum absolute atomic E-state index is 10.8. The second-order valence-electron chi connectivity index (χ2n) is 9.18. The fourth-order valence-electron chi connectivity index (χ4n) is 4.39. The molecule has 2 aromatic heterocycles. The van der Waals surface area contributed by atoms with Crippen LogP contribution < -0.4 is 4.74 Å². The summed E-state index contributed by atoms with van der Waals surface area (Å²) >= 11 is 1.72. The molecule has 0 saturated heterocycles. The van der Waals surface area contributed by atoms with E-state index in [1.807, 2.05) is 49.6 Å². The summed E-state index contributed by atoms with van der Waals surface area (Å²) in [6, 6.07) is 31.0. The third-order valence-corrected chi connectivity index (χ3v) is 7.34. The zero-order chi connectivity index (χ0) is 27.7. The average Bonchev–Trinajstić information content (AvgIpc) is 3.00. The summed E-state index contributed by atoms with van der Waals surface area (Å²) in [6.07, 6.45) is 9.57. The fraction of sp³-hybridized carbons (Fsp3) is 0.0882. The summed E-state index contributed by atoms with van der Waals surface area (Å²) in [5.41, 5.74) is 8.75. The zero-order valence-electron chi connectivity index (χ0n) is 22.0. The predicted octanol–water partition coefficient (Wildman–Crippen LogP) is 7.81. The van der Waals surface area contributed by atoms with Crippen LogP contribution in [-0.4, -0.2) is 33.4 Å². The van der Waals surface area contributed by atoms with Crippen LogP contribution in [0, 0.1) is 6.92 Å². The first-order chi connectivity index (χ1) is 19.6. The highest BCUT2D eigenvalue weighted by atomic mass is 32.2. The molecule has 0 unspecified atom stereocenters. The van der Waals surface area contributed by atoms with E-state index in [0.717, 1.165) is 55.2 Å². The molecule has 0 bridgehead atoms. The zero-order valence-corrected chi connectivity index (χ0v) is 22.8. The van der Waals surface area contributed by atoms with E-state index in [9.17, 15) is 4.79 Å². The van der Waals surface area contributed by atoms with E-state index in [-0.39, 0.29) is 6.61 Å². The van der Waals surface area contributed by atoms with E-state index in [1.54, 1.807) is 24.2 Å². The normalized spacial score (nSPS) is 10.6. The molecule has 5 aromatic rings. The van der Waals surface area contributed by atoms with E-state index < -0.39 is 5.97 Å². The molecule has 40 heavy (non-hydrogen) atoms. The van der Waals surface area contributed by atoms with Crippen LogP contribution in [0.4, 0.5) is 0 Å². The van der Waals surface area contributed by atoms with Gasteiger partial charge in [-0.05, 0) is 81.8 Å². The van der Waals surface area contributed by atoms with Crippen LogP contribution in [0.1, 0.15) is 16.7 Å². The largest absolute Gasteiger partial charge is 0.482 e. The van der Waals surface area contributed by atoms with Crippen molar-refractivity contribution in [2.45, 2.75) is 11.8 Å². The van der Waals surface area contributed by atoms with Gasteiger partial charge in [0.05, 0.1) is 0 Å². The second-order valence-corrected chi connectivity index (χ2v) is 10.3. The van der Waals surface area contributed by atoms with Crippen molar-refractivity contribution in [1.82, 2.24) is 9.97 Å². The Morgan fingerprint density at radius 2 is 1.38 bits per heavy atom. The molecule has 0 aliphatic rings. The minimum Gasteiger partial charge on any atom is -0.482 e. The number of pyridine rings is 2. The Kier molecular flexibility index (Phi) is 8.69. The lowest BCUT2D eigenvalue weighted by Gasteiger charge is -2.12. The number of hydrogen-bond acceptors (Lipinski definition) is 5. The molecule has 0 amide bonds. The molecule has 0 spiro atoms. The molecule has 0 fully saturated rings. The average molecular weight is 545 g/mol. The quantitative estimate of drug-likeness (QED) is 0.181. The summed E-state index contributed by atoms with van der Waals surface area (Å²) in [5.74, 6) is 0.363. The Morgan fingerprint density at radius 1 is 0.800 bits per heavy atom. The number of thioether (sulfide) groups is 1. The third-order valence-electron chi connectivity index (χ3n) is 6.42. The smallest absolute Gasteiger partial charge is 0.341 e. The van der Waals surface area contributed by atoms with Gasteiger partial charge in [-0.2, -0.15) is 0 Å². The molecule has 0 saturated carbocycles. The second kappa shape index (κ2) is 12.9. The number of aryl methyl sites for hydroxylation is 1. The van der Waals surface area contributed by atoms with E-state index in [1.165, 1.54) is 0 Å². The van der Waals surface area contributed by atoms with Crippen LogP contribution in [0.2, 0.25) is 0 Å². The molecule has 6 heteroatoms. The Bertz CT molecular complexity index is 1520. The number of ether oxygens (including phenoxy) is 1. The Morgan fingerprint density at radius 3 is 1.85 bits per heavy atom. The van der Waals surface area contributed by atoms with Gasteiger partial charge in [0.15, 0.2) is 6.61 Å². The Balaban J connectivity index is 1.40. The SMILES string of the molecule is Cc1cc(SCC=C(c2ccc(-c3cccnc3)cc2)c2ccc(-c3cccnc3)cc2)ccc1OCC(=O)O. The van der Waals surface area contributed by atoms with Gasteiger partial charge in [0.1, 0.15) is 5.75 Å². The van der Waals surface area contributed by atoms with Crippen molar-refractivity contribution in [3.05, 3.63) is 139 Å². The lowest BCUT2D eigenvalue weighted by molar-refractivity contribution is -0.139. The van der Waals surface area contributed by atoms with Gasteiger partial charge in [0.25, 0.3) is 0 Å². The standard InChI is InChI=1S/C34H28N2O3S/c1-24-20-31(14-15-33(24)39-23-34(37)38)40-19-16-32(27-10-6-25(7-11-27)29-4-2-17-35-21-29)28-12-8-26(9-13-28)30-5-3-18-36-22-30/h2-18,20-22H,19,23H2,1H3,(H,37,38). The molecule has 5 nitrogen and oxygen atoms in total. The van der Waals surface area contributed by atoms with Gasteiger partial charge in [0.2, 0.25) is 0 Å². The fourth-order valence-corrected chi connectivity index (χ4v) is 5.26. The first kappa shape index (κ1) is 26.9. The molecule has 198 valence electrons. The number of benzene rings is 3.